The molecule has 6 aliphatic rings. The monoisotopic (exact) mass is 1520 g/mol. The van der Waals surface area contributed by atoms with E-state index in [1.165, 1.54) is 7.11 Å². The van der Waals surface area contributed by atoms with Crippen molar-refractivity contribution >= 4 is 41.4 Å². The Bertz CT molecular complexity index is 2750. The summed E-state index contributed by atoms with van der Waals surface area (Å²) in [5.41, 5.74) is -0.750. The Hall–Kier alpha value is -4.03. The number of amides is 6. The van der Waals surface area contributed by atoms with Gasteiger partial charge in [-0.2, -0.15) is 0 Å². The number of rotatable bonds is 9. The van der Waals surface area contributed by atoms with Gasteiger partial charge in [0.05, 0.1) is 58.1 Å². The number of carbonyl (C=O) groups excluding carboxylic acids is 7. The first-order chi connectivity index (χ1) is 47.8. The Balaban J connectivity index is 0.000000643. The summed E-state index contributed by atoms with van der Waals surface area (Å²) in [5, 5.41) is 0. The topological polar surface area (TPSA) is 186 Å². The van der Waals surface area contributed by atoms with Gasteiger partial charge in [0.2, 0.25) is 35.4 Å². The summed E-state index contributed by atoms with van der Waals surface area (Å²) in [4.78, 5) is 112. The van der Waals surface area contributed by atoms with E-state index < -0.39 is 6.04 Å². The van der Waals surface area contributed by atoms with Crippen molar-refractivity contribution in [1.29, 1.82) is 0 Å². The first-order valence-electron chi connectivity index (χ1n) is 40.3. The Morgan fingerprint density at radius 3 is 0.981 bits per heavy atom. The number of methoxy groups -OCH3 is 3. The predicted octanol–water partition coefficient (Wildman–Crippen LogP) is 12.5. The molecule has 2 unspecified atom stereocenters. The molecule has 0 saturated carbocycles. The van der Waals surface area contributed by atoms with Crippen LogP contribution < -0.4 is 0 Å². The minimum Gasteiger partial charge on any atom is -0.467 e. The molecule has 0 bridgehead atoms. The third kappa shape index (κ3) is 30.4. The first kappa shape index (κ1) is 101. The molecule has 0 aliphatic carbocycles. The average molecular weight is 1520 g/mol. The molecule has 0 aromatic rings. The molecule has 628 valence electrons. The van der Waals surface area contributed by atoms with Crippen LogP contribution in [-0.2, 0) is 47.8 Å². The molecule has 6 amide bonds. The zero-order valence-corrected chi connectivity index (χ0v) is 77.1. The van der Waals surface area contributed by atoms with E-state index in [0.29, 0.717) is 57.1 Å². The Kier molecular flexibility index (Phi) is 36.5. The van der Waals surface area contributed by atoms with Crippen LogP contribution in [0.25, 0.3) is 0 Å². The normalized spacial score (nSPS) is 23.0. The molecule has 22 nitrogen and oxygen atoms in total. The molecule has 0 aromatic carbocycles. The largest absolute Gasteiger partial charge is 0.467 e. The molecule has 6 aliphatic heterocycles. The van der Waals surface area contributed by atoms with Gasteiger partial charge in [0.1, 0.15) is 12.1 Å². The number of ether oxygens (including phenoxy) is 3. The highest BCUT2D eigenvalue weighted by atomic mass is 16.5. The van der Waals surface area contributed by atoms with E-state index in [1.54, 1.807) is 19.1 Å². The lowest BCUT2D eigenvalue weighted by Crippen LogP contribution is -2.67. The predicted molar refractivity (Wildman–Crippen MR) is 441 cm³/mol. The molecule has 0 aromatic heterocycles. The van der Waals surface area contributed by atoms with Gasteiger partial charge in [-0.15, -0.1) is 0 Å². The van der Waals surface area contributed by atoms with Crippen LogP contribution >= 0.6 is 0 Å². The van der Waals surface area contributed by atoms with Crippen molar-refractivity contribution in [3.05, 3.63) is 0 Å². The lowest BCUT2D eigenvalue weighted by Gasteiger charge is -2.51. The Labute approximate surface area is 656 Å². The van der Waals surface area contributed by atoms with E-state index in [4.69, 9.17) is 14.2 Å². The highest BCUT2D eigenvalue weighted by Gasteiger charge is 2.49. The molecule has 107 heavy (non-hydrogen) atoms. The van der Waals surface area contributed by atoms with Gasteiger partial charge in [-0.25, -0.2) is 4.79 Å². The van der Waals surface area contributed by atoms with Crippen LogP contribution in [0.2, 0.25) is 0 Å². The quantitative estimate of drug-likeness (QED) is 0.198. The lowest BCUT2D eigenvalue weighted by molar-refractivity contribution is -0.166. The number of hydrogen-bond acceptors (Lipinski definition) is 16. The fraction of sp³-hybridized carbons (Fsp3) is 0.918. The average Bonchev–Trinajstić information content (AvgIpc) is 0.805. The fourth-order valence-electron chi connectivity index (χ4n) is 15.3. The van der Waals surface area contributed by atoms with E-state index in [-0.39, 0.29) is 120 Å². The van der Waals surface area contributed by atoms with Gasteiger partial charge in [-0.3, -0.25) is 58.2 Å². The van der Waals surface area contributed by atoms with Crippen molar-refractivity contribution in [2.24, 2.45) is 5.92 Å². The van der Waals surface area contributed by atoms with E-state index in [0.717, 1.165) is 78.2 Å². The van der Waals surface area contributed by atoms with Crippen LogP contribution in [0.5, 0.6) is 0 Å². The third-order valence-corrected chi connectivity index (χ3v) is 20.9. The summed E-state index contributed by atoms with van der Waals surface area (Å²) in [6.45, 7) is 93.7. The molecular formula is C85H168N12O10. The van der Waals surface area contributed by atoms with Gasteiger partial charge < -0.3 is 43.6 Å². The number of carbonyl (C=O) groups is 7. The summed E-state index contributed by atoms with van der Waals surface area (Å²) in [5.74, 6) is 1.42. The number of esters is 1. The number of hydrogen-bond donors (Lipinski definition) is 0. The van der Waals surface area contributed by atoms with Gasteiger partial charge >= 0.3 is 5.97 Å². The minimum atomic E-state index is -0.537. The van der Waals surface area contributed by atoms with Crippen molar-refractivity contribution in [3.63, 3.8) is 0 Å². The molecule has 6 rings (SSSR count). The molecule has 6 heterocycles. The third-order valence-electron chi connectivity index (χ3n) is 20.9. The Morgan fingerprint density at radius 2 is 0.673 bits per heavy atom. The van der Waals surface area contributed by atoms with Crippen LogP contribution in [-0.4, -0.2) is 317 Å². The van der Waals surface area contributed by atoms with Gasteiger partial charge in [-0.1, -0.05) is 27.2 Å². The molecule has 5 atom stereocenters. The molecule has 0 radical (unpaired) electrons. The van der Waals surface area contributed by atoms with Crippen LogP contribution in [0.3, 0.4) is 0 Å². The smallest absolute Gasteiger partial charge is 0.329 e. The second kappa shape index (κ2) is 38.7. The molecule has 6 saturated heterocycles. The first-order valence-corrected chi connectivity index (χ1v) is 40.3. The molecule has 0 N–H and O–H groups in total. The van der Waals surface area contributed by atoms with Crippen molar-refractivity contribution in [2.45, 2.75) is 386 Å². The zero-order valence-electron chi connectivity index (χ0n) is 77.1. The fourth-order valence-corrected chi connectivity index (χ4v) is 15.3. The summed E-state index contributed by atoms with van der Waals surface area (Å²) in [6.07, 6.45) is 2.96. The van der Waals surface area contributed by atoms with Crippen molar-refractivity contribution in [2.75, 3.05) is 120 Å². The summed E-state index contributed by atoms with van der Waals surface area (Å²) < 4.78 is 15.4. The number of piperazine rings is 6. The molecule has 6 fully saturated rings. The minimum absolute atomic E-state index is 0.0111. The number of nitrogens with zero attached hydrogens (tertiary/aromatic N) is 12. The summed E-state index contributed by atoms with van der Waals surface area (Å²) in [7, 11) is 4.72. The second-order valence-electron chi connectivity index (χ2n) is 42.9. The highest BCUT2D eigenvalue weighted by Crippen LogP contribution is 2.34. The van der Waals surface area contributed by atoms with Crippen LogP contribution in [0.1, 0.15) is 289 Å². The summed E-state index contributed by atoms with van der Waals surface area (Å²) >= 11 is 0. The Morgan fingerprint density at radius 1 is 0.355 bits per heavy atom. The van der Waals surface area contributed by atoms with Crippen LogP contribution in [0.4, 0.5) is 0 Å². The maximum absolute atomic E-state index is 12.8. The van der Waals surface area contributed by atoms with Crippen molar-refractivity contribution < 1.29 is 47.8 Å². The van der Waals surface area contributed by atoms with Gasteiger partial charge in [-0.05, 0) is 268 Å². The maximum atomic E-state index is 12.8. The van der Waals surface area contributed by atoms with Gasteiger partial charge in [0.15, 0.2) is 0 Å². The van der Waals surface area contributed by atoms with Crippen molar-refractivity contribution in [1.82, 2.24) is 58.8 Å². The lowest BCUT2D eigenvalue weighted by atomic mass is 9.91. The van der Waals surface area contributed by atoms with Crippen LogP contribution in [0, 0.1) is 5.92 Å². The maximum Gasteiger partial charge on any atom is 0.329 e. The zero-order chi connectivity index (χ0) is 84.3. The van der Waals surface area contributed by atoms with Crippen LogP contribution in [0.15, 0.2) is 0 Å². The summed E-state index contributed by atoms with van der Waals surface area (Å²) in [6, 6.07) is -0.472. The van der Waals surface area contributed by atoms with Crippen molar-refractivity contribution in [3.8, 4) is 0 Å². The highest BCUT2D eigenvalue weighted by molar-refractivity contribution is 5.88. The van der Waals surface area contributed by atoms with Gasteiger partial charge in [0.25, 0.3) is 0 Å². The molecular weight excluding hydrogens is 1350 g/mol. The van der Waals surface area contributed by atoms with Gasteiger partial charge in [0, 0.05) is 146 Å². The molecule has 22 heteroatoms. The molecule has 0 spiro atoms. The van der Waals surface area contributed by atoms with E-state index in [2.05, 4.69) is 263 Å². The second-order valence-corrected chi connectivity index (χ2v) is 42.9. The van der Waals surface area contributed by atoms with E-state index in [9.17, 15) is 33.6 Å². The standard InChI is InChI=1S/C16H32N2O.C15H30N2O.C14H26N2O3.2C14H28N2O2.C12H24N2O/c1-12(2)11-13-14(19)18(16(6,7)8)10-9-17(13)15(3,4)5;1-8-9-12-13(18)17(15(5,6)7)11-10-16(12)14(2,3)4;1-13(2,3)15-8-10(12(18)19-7)16(11(17)9-15)14(4,5)6;1-13(2,3)15-8-11(10-18-7)16(12(17)9-15)14(4,5)6;1-13(2,3)15-8-9-16(14(4,5)6)12(17)11(15)10-18-7;1-11(2,3)13-7-8-14(10(15)9-13)12(4,5)6/h12-13H,9-11H2,1-8H3;12H,8-11H2,1-7H3;10H,8-9H2,1-7H3;2*11H,8-10H2,1-7H3;7-9H2,1-6H3/t13-;12-;;;11-;/m00..0./s1. The van der Waals surface area contributed by atoms with E-state index in [1.807, 2.05) is 61.1 Å². The van der Waals surface area contributed by atoms with E-state index >= 15 is 0 Å². The SMILES string of the molecule is CC(C)(C)N1CCN(C(C)(C)C)C(=O)C1.CC(C)C[C@H]1C(=O)N(C(C)(C)C)CCN1C(C)(C)C.CCC[C@H]1C(=O)N(C(C)(C)C)CCN1C(C)(C)C.COC(=O)C1CN(C(C)(C)C)CC(=O)N1C(C)(C)C.COCC1CN(C(C)(C)C)CC(=O)N1C(C)(C)C.COC[C@H]1C(=O)N(C(C)(C)C)CCN1C(C)(C)C.